The van der Waals surface area contributed by atoms with Crippen LogP contribution in [0.25, 0.3) is 0 Å². The summed E-state index contributed by atoms with van der Waals surface area (Å²) < 4.78 is 0. The van der Waals surface area contributed by atoms with Crippen molar-refractivity contribution in [3.63, 3.8) is 0 Å². The largest absolute Gasteiger partial charge is 0.480 e. The second-order valence-electron chi connectivity index (χ2n) is 5.47. The van der Waals surface area contributed by atoms with Crippen LogP contribution < -0.4 is 4.90 Å². The van der Waals surface area contributed by atoms with E-state index in [2.05, 4.69) is 15.1 Å². The van der Waals surface area contributed by atoms with Crippen LogP contribution in [0, 0.1) is 0 Å². The minimum Gasteiger partial charge on any atom is -0.480 e. The van der Waals surface area contributed by atoms with Gasteiger partial charge in [0.2, 0.25) is 0 Å². The Hall–Kier alpha value is -2.18. The maximum absolute atomic E-state index is 12.3. The molecular formula is C14H18N4O3. The van der Waals surface area contributed by atoms with Crippen molar-refractivity contribution in [3.8, 4) is 0 Å². The van der Waals surface area contributed by atoms with Crippen molar-refractivity contribution >= 4 is 17.7 Å². The molecule has 1 aromatic heterocycles. The fourth-order valence-electron chi connectivity index (χ4n) is 2.97. The lowest BCUT2D eigenvalue weighted by Gasteiger charge is -2.21. The molecule has 2 saturated heterocycles. The highest BCUT2D eigenvalue weighted by Crippen LogP contribution is 2.21. The van der Waals surface area contributed by atoms with E-state index in [1.165, 1.54) is 4.90 Å². The highest BCUT2D eigenvalue weighted by Gasteiger charge is 2.35. The maximum atomic E-state index is 12.3. The van der Waals surface area contributed by atoms with Crippen LogP contribution in [0.3, 0.4) is 0 Å². The predicted molar refractivity (Wildman–Crippen MR) is 75.2 cm³/mol. The van der Waals surface area contributed by atoms with Gasteiger partial charge in [-0.05, 0) is 37.8 Å². The monoisotopic (exact) mass is 290 g/mol. The third-order valence-corrected chi connectivity index (χ3v) is 4.10. The van der Waals surface area contributed by atoms with Crippen LogP contribution in [0.1, 0.15) is 36.2 Å². The van der Waals surface area contributed by atoms with Crippen molar-refractivity contribution in [3.05, 3.63) is 17.8 Å². The third kappa shape index (κ3) is 2.68. The first kappa shape index (κ1) is 13.8. The van der Waals surface area contributed by atoms with Gasteiger partial charge >= 0.3 is 5.97 Å². The van der Waals surface area contributed by atoms with Crippen molar-refractivity contribution in [2.24, 2.45) is 0 Å². The Morgan fingerprint density at radius 1 is 1.10 bits per heavy atom. The fraction of sp³-hybridized carbons (Fsp3) is 0.571. The SMILES string of the molecule is O=C(O)C1CCCN1C(=O)c1ccc(N2CCCC2)nn1. The molecule has 2 aliphatic rings. The summed E-state index contributed by atoms with van der Waals surface area (Å²) in [6.45, 7) is 2.40. The number of hydrogen-bond donors (Lipinski definition) is 1. The molecule has 3 heterocycles. The van der Waals surface area contributed by atoms with Gasteiger partial charge in [0.05, 0.1) is 0 Å². The molecule has 112 valence electrons. The minimum absolute atomic E-state index is 0.214. The molecule has 1 unspecified atom stereocenters. The number of carboxylic acid groups (broad SMARTS) is 1. The van der Waals surface area contributed by atoms with Crippen LogP contribution in [0.4, 0.5) is 5.82 Å². The number of nitrogens with zero attached hydrogens (tertiary/aromatic N) is 4. The second-order valence-corrected chi connectivity index (χ2v) is 5.47. The summed E-state index contributed by atoms with van der Waals surface area (Å²) in [6.07, 6.45) is 3.51. The highest BCUT2D eigenvalue weighted by atomic mass is 16.4. The molecule has 7 nitrogen and oxygen atoms in total. The highest BCUT2D eigenvalue weighted by molar-refractivity contribution is 5.95. The molecular weight excluding hydrogens is 272 g/mol. The van der Waals surface area contributed by atoms with Gasteiger partial charge in [-0.25, -0.2) is 4.79 Å². The number of aromatic nitrogens is 2. The summed E-state index contributed by atoms with van der Waals surface area (Å²) in [6, 6.07) is 2.69. The molecule has 2 fully saturated rings. The van der Waals surface area contributed by atoms with E-state index in [0.717, 1.165) is 31.7 Å². The average Bonchev–Trinajstić information content (AvgIpc) is 3.18. The summed E-state index contributed by atoms with van der Waals surface area (Å²) in [5.74, 6) is -0.525. The Morgan fingerprint density at radius 3 is 2.48 bits per heavy atom. The topological polar surface area (TPSA) is 86.6 Å². The Balaban J connectivity index is 1.74. The molecule has 2 aliphatic heterocycles. The summed E-state index contributed by atoms with van der Waals surface area (Å²) in [7, 11) is 0. The number of anilines is 1. The van der Waals surface area contributed by atoms with Crippen LogP contribution in [0.15, 0.2) is 12.1 Å². The quantitative estimate of drug-likeness (QED) is 0.884. The number of likely N-dealkylation sites (tertiary alicyclic amines) is 1. The lowest BCUT2D eigenvalue weighted by molar-refractivity contribution is -0.141. The average molecular weight is 290 g/mol. The van der Waals surface area contributed by atoms with Gasteiger partial charge in [0.15, 0.2) is 11.5 Å². The number of rotatable bonds is 3. The van der Waals surface area contributed by atoms with Crippen LogP contribution in [0.2, 0.25) is 0 Å². The Bertz CT molecular complexity index is 540. The molecule has 21 heavy (non-hydrogen) atoms. The third-order valence-electron chi connectivity index (χ3n) is 4.10. The molecule has 0 spiro atoms. The van der Waals surface area contributed by atoms with E-state index in [0.29, 0.717) is 19.4 Å². The van der Waals surface area contributed by atoms with Crippen molar-refractivity contribution in [1.29, 1.82) is 0 Å². The van der Waals surface area contributed by atoms with E-state index in [-0.39, 0.29) is 11.6 Å². The molecule has 1 aromatic rings. The minimum atomic E-state index is -0.956. The zero-order valence-corrected chi connectivity index (χ0v) is 11.7. The molecule has 0 radical (unpaired) electrons. The maximum Gasteiger partial charge on any atom is 0.326 e. The van der Waals surface area contributed by atoms with Gasteiger partial charge in [-0.15, -0.1) is 10.2 Å². The Labute approximate surface area is 122 Å². The number of carbonyl (C=O) groups is 2. The van der Waals surface area contributed by atoms with Crippen molar-refractivity contribution in [1.82, 2.24) is 15.1 Å². The first-order valence-corrected chi connectivity index (χ1v) is 7.29. The Kier molecular flexibility index (Phi) is 3.72. The molecule has 0 aliphatic carbocycles. The molecule has 0 aromatic carbocycles. The summed E-state index contributed by atoms with van der Waals surface area (Å²) in [5.41, 5.74) is 0.214. The number of carbonyl (C=O) groups excluding carboxylic acids is 1. The van der Waals surface area contributed by atoms with E-state index in [1.807, 2.05) is 0 Å². The molecule has 3 rings (SSSR count). The van der Waals surface area contributed by atoms with Gasteiger partial charge in [0.25, 0.3) is 5.91 Å². The zero-order valence-electron chi connectivity index (χ0n) is 11.7. The molecule has 1 atom stereocenters. The lowest BCUT2D eigenvalue weighted by atomic mass is 10.2. The second kappa shape index (κ2) is 5.67. The lowest BCUT2D eigenvalue weighted by Crippen LogP contribution is -2.40. The fourth-order valence-corrected chi connectivity index (χ4v) is 2.97. The van der Waals surface area contributed by atoms with Crippen LogP contribution in [-0.2, 0) is 4.79 Å². The van der Waals surface area contributed by atoms with E-state index in [1.54, 1.807) is 12.1 Å². The number of carboxylic acids is 1. The smallest absolute Gasteiger partial charge is 0.326 e. The molecule has 7 heteroatoms. The van der Waals surface area contributed by atoms with Gasteiger partial charge in [0, 0.05) is 19.6 Å². The summed E-state index contributed by atoms with van der Waals surface area (Å²) in [5, 5.41) is 17.2. The standard InChI is InChI=1S/C14H18N4O3/c19-13(18-9-3-4-11(18)14(20)21)10-5-6-12(16-15-10)17-7-1-2-8-17/h5-6,11H,1-4,7-9H2,(H,20,21). The number of aliphatic carboxylic acids is 1. The Morgan fingerprint density at radius 2 is 1.86 bits per heavy atom. The van der Waals surface area contributed by atoms with Crippen molar-refractivity contribution in [2.75, 3.05) is 24.5 Å². The van der Waals surface area contributed by atoms with Gasteiger partial charge in [-0.3, -0.25) is 4.79 Å². The molecule has 0 saturated carbocycles. The van der Waals surface area contributed by atoms with Gasteiger partial charge < -0.3 is 14.9 Å². The molecule has 1 amide bonds. The summed E-state index contributed by atoms with van der Waals surface area (Å²) >= 11 is 0. The van der Waals surface area contributed by atoms with E-state index in [9.17, 15) is 9.59 Å². The molecule has 0 bridgehead atoms. The van der Waals surface area contributed by atoms with E-state index < -0.39 is 12.0 Å². The van der Waals surface area contributed by atoms with Gasteiger partial charge in [-0.2, -0.15) is 0 Å². The number of amides is 1. The number of hydrogen-bond acceptors (Lipinski definition) is 5. The first-order chi connectivity index (χ1) is 10.2. The predicted octanol–water partition coefficient (Wildman–Crippen LogP) is 0.766. The van der Waals surface area contributed by atoms with Crippen molar-refractivity contribution < 1.29 is 14.7 Å². The van der Waals surface area contributed by atoms with E-state index in [4.69, 9.17) is 5.11 Å². The van der Waals surface area contributed by atoms with Crippen LogP contribution in [0.5, 0.6) is 0 Å². The van der Waals surface area contributed by atoms with Gasteiger partial charge in [0.1, 0.15) is 6.04 Å². The normalized spacial score (nSPS) is 21.8. The summed E-state index contributed by atoms with van der Waals surface area (Å²) in [4.78, 5) is 27.0. The van der Waals surface area contributed by atoms with Crippen LogP contribution >= 0.6 is 0 Å². The van der Waals surface area contributed by atoms with E-state index >= 15 is 0 Å². The van der Waals surface area contributed by atoms with Crippen LogP contribution in [-0.4, -0.2) is 57.8 Å². The van der Waals surface area contributed by atoms with Gasteiger partial charge in [-0.1, -0.05) is 0 Å². The van der Waals surface area contributed by atoms with Crippen molar-refractivity contribution in [2.45, 2.75) is 31.7 Å². The zero-order chi connectivity index (χ0) is 14.8. The first-order valence-electron chi connectivity index (χ1n) is 7.29. The molecule has 1 N–H and O–H groups in total.